The topological polar surface area (TPSA) is 94.2 Å². The molecule has 1 amide bonds. The summed E-state index contributed by atoms with van der Waals surface area (Å²) < 4.78 is 32.3. The van der Waals surface area contributed by atoms with Gasteiger partial charge in [-0.05, 0) is 31.5 Å². The summed E-state index contributed by atoms with van der Waals surface area (Å²) in [6.07, 6.45) is 3.03. The van der Waals surface area contributed by atoms with Gasteiger partial charge in [0.15, 0.2) is 15.5 Å². The Balaban J connectivity index is 1.60. The lowest BCUT2D eigenvalue weighted by Gasteiger charge is -2.18. The first-order chi connectivity index (χ1) is 13.4. The van der Waals surface area contributed by atoms with Gasteiger partial charge >= 0.3 is 0 Å². The minimum Gasteiger partial charge on any atom is -0.469 e. The van der Waals surface area contributed by atoms with Gasteiger partial charge in [-0.15, -0.1) is 0 Å². The Hall–Kier alpha value is -2.87. The van der Waals surface area contributed by atoms with Crippen molar-refractivity contribution in [1.82, 2.24) is 15.1 Å². The summed E-state index contributed by atoms with van der Waals surface area (Å²) in [5, 5.41) is 7.26. The van der Waals surface area contributed by atoms with E-state index < -0.39 is 9.84 Å². The summed E-state index contributed by atoms with van der Waals surface area (Å²) in [6.45, 7) is 1.91. The molecule has 0 unspecified atom stereocenters. The van der Waals surface area contributed by atoms with E-state index in [0.717, 1.165) is 5.76 Å². The van der Waals surface area contributed by atoms with Crippen LogP contribution >= 0.6 is 0 Å². The van der Waals surface area contributed by atoms with E-state index >= 15 is 0 Å². The summed E-state index contributed by atoms with van der Waals surface area (Å²) in [5.41, 5.74) is 1.89. The number of carbonyl (C=O) groups excluding carboxylic acids is 1. The maximum absolute atomic E-state index is 12.8. The fourth-order valence-corrected chi connectivity index (χ4v) is 5.20. The number of aromatic nitrogens is 2. The minimum atomic E-state index is -3.51. The van der Waals surface area contributed by atoms with Gasteiger partial charge in [0.1, 0.15) is 5.76 Å². The van der Waals surface area contributed by atoms with Crippen molar-refractivity contribution < 1.29 is 17.6 Å². The fraction of sp³-hybridized carbons (Fsp3) is 0.300. The third-order valence-electron chi connectivity index (χ3n) is 4.95. The molecule has 28 heavy (non-hydrogen) atoms. The van der Waals surface area contributed by atoms with Crippen LogP contribution in [0, 0.1) is 0 Å². The average molecular weight is 399 g/mol. The Morgan fingerprint density at radius 2 is 2.07 bits per heavy atom. The highest BCUT2D eigenvalue weighted by Gasteiger charge is 2.34. The van der Waals surface area contributed by atoms with Gasteiger partial charge in [-0.25, -0.2) is 8.42 Å². The largest absolute Gasteiger partial charge is 0.469 e. The standard InChI is InChI=1S/C20H21N3O4S/c1-13(9-10-14-6-5-11-27-14)21-20(24)18-16-12-28(25,26)17-8-4-3-7-15(17)19(16)23(2)22-18/h3-8,11,13H,9-10,12H2,1-2H3,(H,21,24)/t13-/m0/s1. The quantitative estimate of drug-likeness (QED) is 0.712. The number of aryl methyl sites for hydroxylation is 2. The van der Waals surface area contributed by atoms with Crippen LogP contribution in [0.15, 0.2) is 52.0 Å². The second-order valence-electron chi connectivity index (χ2n) is 7.05. The molecule has 0 saturated heterocycles. The molecule has 0 fully saturated rings. The van der Waals surface area contributed by atoms with Crippen LogP contribution in [0.2, 0.25) is 0 Å². The summed E-state index contributed by atoms with van der Waals surface area (Å²) >= 11 is 0. The van der Waals surface area contributed by atoms with Crippen LogP contribution in [-0.2, 0) is 29.1 Å². The molecule has 146 valence electrons. The molecule has 0 spiro atoms. The molecule has 1 atom stereocenters. The number of amides is 1. The Labute approximate surface area is 163 Å². The van der Waals surface area contributed by atoms with Crippen LogP contribution in [-0.4, -0.2) is 30.1 Å². The second kappa shape index (κ2) is 6.94. The molecule has 1 aromatic carbocycles. The predicted molar refractivity (Wildman–Crippen MR) is 103 cm³/mol. The normalized spacial score (nSPS) is 15.5. The molecule has 1 N–H and O–H groups in total. The van der Waals surface area contributed by atoms with Crippen LogP contribution in [0.3, 0.4) is 0 Å². The van der Waals surface area contributed by atoms with Gasteiger partial charge < -0.3 is 9.73 Å². The maximum Gasteiger partial charge on any atom is 0.272 e. The number of nitrogens with zero attached hydrogens (tertiary/aromatic N) is 2. The molecule has 0 radical (unpaired) electrons. The molecule has 2 aromatic heterocycles. The monoisotopic (exact) mass is 399 g/mol. The van der Waals surface area contributed by atoms with E-state index in [1.54, 1.807) is 42.3 Å². The van der Waals surface area contributed by atoms with Crippen molar-refractivity contribution in [2.24, 2.45) is 7.05 Å². The molecule has 1 aliphatic rings. The van der Waals surface area contributed by atoms with Gasteiger partial charge in [-0.2, -0.15) is 5.10 Å². The number of fused-ring (bicyclic) bond motifs is 3. The highest BCUT2D eigenvalue weighted by molar-refractivity contribution is 7.90. The number of carbonyl (C=O) groups is 1. The zero-order valence-corrected chi connectivity index (χ0v) is 16.5. The van der Waals surface area contributed by atoms with E-state index in [4.69, 9.17) is 4.42 Å². The summed E-state index contributed by atoms with van der Waals surface area (Å²) in [5.74, 6) is 0.272. The van der Waals surface area contributed by atoms with Crippen LogP contribution in [0.4, 0.5) is 0 Å². The zero-order chi connectivity index (χ0) is 19.9. The third-order valence-corrected chi connectivity index (χ3v) is 6.65. The first-order valence-electron chi connectivity index (χ1n) is 9.08. The van der Waals surface area contributed by atoms with E-state index in [1.165, 1.54) is 0 Å². The second-order valence-corrected chi connectivity index (χ2v) is 9.01. The molecule has 3 aromatic rings. The first kappa shape index (κ1) is 18.5. The van der Waals surface area contributed by atoms with Gasteiger partial charge in [-0.1, -0.05) is 18.2 Å². The first-order valence-corrected chi connectivity index (χ1v) is 10.7. The smallest absolute Gasteiger partial charge is 0.272 e. The number of benzene rings is 1. The zero-order valence-electron chi connectivity index (χ0n) is 15.7. The van der Waals surface area contributed by atoms with Gasteiger partial charge in [0.2, 0.25) is 0 Å². The molecule has 4 rings (SSSR count). The van der Waals surface area contributed by atoms with Gasteiger partial charge in [0, 0.05) is 30.6 Å². The summed E-state index contributed by atoms with van der Waals surface area (Å²) in [4.78, 5) is 13.1. The lowest BCUT2D eigenvalue weighted by molar-refractivity contribution is 0.0931. The van der Waals surface area contributed by atoms with Crippen molar-refractivity contribution in [3.05, 3.63) is 59.7 Å². The Morgan fingerprint density at radius 1 is 1.29 bits per heavy atom. The maximum atomic E-state index is 12.8. The van der Waals surface area contributed by atoms with E-state index in [0.29, 0.717) is 29.7 Å². The number of rotatable bonds is 5. The lowest BCUT2D eigenvalue weighted by Crippen LogP contribution is -2.34. The summed E-state index contributed by atoms with van der Waals surface area (Å²) in [7, 11) is -1.79. The molecular formula is C20H21N3O4S. The van der Waals surface area contributed by atoms with Crippen molar-refractivity contribution in [2.75, 3.05) is 0 Å². The number of furan rings is 1. The summed E-state index contributed by atoms with van der Waals surface area (Å²) in [6, 6.07) is 10.4. The van der Waals surface area contributed by atoms with Gasteiger partial charge in [-0.3, -0.25) is 9.48 Å². The van der Waals surface area contributed by atoms with E-state index in [-0.39, 0.29) is 28.3 Å². The molecule has 7 nitrogen and oxygen atoms in total. The van der Waals surface area contributed by atoms with Crippen molar-refractivity contribution in [1.29, 1.82) is 0 Å². The van der Waals surface area contributed by atoms with Crippen LogP contribution in [0.5, 0.6) is 0 Å². The third kappa shape index (κ3) is 3.24. The number of nitrogens with one attached hydrogen (secondary N) is 1. The highest BCUT2D eigenvalue weighted by atomic mass is 32.2. The van der Waals surface area contributed by atoms with Crippen LogP contribution < -0.4 is 5.32 Å². The molecular weight excluding hydrogens is 378 g/mol. The number of sulfone groups is 1. The molecule has 8 heteroatoms. The minimum absolute atomic E-state index is 0.109. The Bertz CT molecular complexity index is 1130. The van der Waals surface area contributed by atoms with Crippen LogP contribution in [0.25, 0.3) is 11.3 Å². The average Bonchev–Trinajstić information content (AvgIpc) is 3.28. The van der Waals surface area contributed by atoms with Crippen molar-refractivity contribution in [3.8, 4) is 11.3 Å². The lowest BCUT2D eigenvalue weighted by atomic mass is 10.1. The molecule has 0 aliphatic carbocycles. The highest BCUT2D eigenvalue weighted by Crippen LogP contribution is 2.38. The van der Waals surface area contributed by atoms with Crippen molar-refractivity contribution >= 4 is 15.7 Å². The predicted octanol–water partition coefficient (Wildman–Crippen LogP) is 2.72. The molecule has 1 aliphatic heterocycles. The Kier molecular flexibility index (Phi) is 4.58. The van der Waals surface area contributed by atoms with Gasteiger partial charge in [0.05, 0.1) is 22.6 Å². The number of hydrogen-bond donors (Lipinski definition) is 1. The van der Waals surface area contributed by atoms with E-state index in [1.807, 2.05) is 19.1 Å². The number of hydrogen-bond acceptors (Lipinski definition) is 5. The van der Waals surface area contributed by atoms with Crippen LogP contribution in [0.1, 0.15) is 35.2 Å². The van der Waals surface area contributed by atoms with E-state index in [2.05, 4.69) is 10.4 Å². The van der Waals surface area contributed by atoms with Crippen molar-refractivity contribution in [3.63, 3.8) is 0 Å². The van der Waals surface area contributed by atoms with E-state index in [9.17, 15) is 13.2 Å². The molecule has 3 heterocycles. The fourth-order valence-electron chi connectivity index (χ4n) is 3.60. The van der Waals surface area contributed by atoms with Gasteiger partial charge in [0.25, 0.3) is 5.91 Å². The molecule has 0 bridgehead atoms. The Morgan fingerprint density at radius 3 is 2.82 bits per heavy atom. The van der Waals surface area contributed by atoms with Crippen molar-refractivity contribution in [2.45, 2.75) is 36.5 Å². The molecule has 0 saturated carbocycles. The SMILES string of the molecule is C[C@@H](CCc1ccco1)NC(=O)c1nn(C)c2c1CS(=O)(=O)c1ccccc1-2.